The van der Waals surface area contributed by atoms with Crippen LogP contribution in [-0.4, -0.2) is 22.3 Å². The summed E-state index contributed by atoms with van der Waals surface area (Å²) in [4.78, 5) is 12.8. The molecule has 2 aliphatic rings. The highest BCUT2D eigenvalue weighted by molar-refractivity contribution is 9.10. The normalized spacial score (nSPS) is 23.1. The van der Waals surface area contributed by atoms with E-state index >= 15 is 0 Å². The molecule has 2 unspecified atom stereocenters. The Morgan fingerprint density at radius 1 is 1.35 bits per heavy atom. The van der Waals surface area contributed by atoms with Gasteiger partial charge in [0.15, 0.2) is 0 Å². The average molecular weight is 377 g/mol. The van der Waals surface area contributed by atoms with Gasteiger partial charge in [-0.25, -0.2) is 9.36 Å². The first-order chi connectivity index (χ1) is 10.8. The highest BCUT2D eigenvalue weighted by Gasteiger charge is 2.38. The summed E-state index contributed by atoms with van der Waals surface area (Å²) < 4.78 is 8.51. The summed E-state index contributed by atoms with van der Waals surface area (Å²) in [6.45, 7) is 5.72. The lowest BCUT2D eigenvalue weighted by Gasteiger charge is -2.25. The number of ether oxygens (including phenoxy) is 1. The third-order valence-electron chi connectivity index (χ3n) is 4.68. The van der Waals surface area contributed by atoms with Crippen LogP contribution in [0.25, 0.3) is 10.9 Å². The summed E-state index contributed by atoms with van der Waals surface area (Å²) in [5, 5.41) is 4.83. The van der Waals surface area contributed by atoms with E-state index in [0.717, 1.165) is 33.9 Å². The molecule has 2 aliphatic heterocycles. The van der Waals surface area contributed by atoms with Crippen molar-refractivity contribution < 1.29 is 9.53 Å². The maximum absolute atomic E-state index is 12.8. The first-order valence-electron chi connectivity index (χ1n) is 8.15. The summed E-state index contributed by atoms with van der Waals surface area (Å²) in [6.07, 6.45) is 2.92. The molecule has 4 rings (SSSR count). The molecule has 4 nitrogen and oxygen atoms in total. The molecular formula is C18H21BrN2O2. The zero-order valence-corrected chi connectivity index (χ0v) is 15.2. The minimum Gasteiger partial charge on any atom is -0.443 e. The Hall–Kier alpha value is -1.33. The van der Waals surface area contributed by atoms with Gasteiger partial charge in [0.05, 0.1) is 5.52 Å². The van der Waals surface area contributed by atoms with E-state index in [0.29, 0.717) is 12.1 Å². The van der Waals surface area contributed by atoms with Gasteiger partial charge >= 0.3 is 6.09 Å². The minimum atomic E-state index is -0.498. The fourth-order valence-corrected chi connectivity index (χ4v) is 4.25. The van der Waals surface area contributed by atoms with Gasteiger partial charge in [-0.2, -0.15) is 0 Å². The van der Waals surface area contributed by atoms with Gasteiger partial charge in [0.2, 0.25) is 0 Å². The minimum absolute atomic E-state index is 0.271. The van der Waals surface area contributed by atoms with Crippen molar-refractivity contribution in [3.05, 3.63) is 33.9 Å². The molecule has 122 valence electrons. The van der Waals surface area contributed by atoms with Crippen molar-refractivity contribution in [2.75, 3.05) is 0 Å². The van der Waals surface area contributed by atoms with Crippen molar-refractivity contribution in [1.82, 2.24) is 9.88 Å². The van der Waals surface area contributed by atoms with Gasteiger partial charge in [0.25, 0.3) is 0 Å². The van der Waals surface area contributed by atoms with Crippen LogP contribution in [-0.2, 0) is 11.2 Å². The molecule has 5 heteroatoms. The molecule has 0 amide bonds. The van der Waals surface area contributed by atoms with E-state index in [4.69, 9.17) is 4.74 Å². The lowest BCUT2D eigenvalue weighted by Crippen LogP contribution is -2.34. The molecule has 2 bridgehead atoms. The smallest absolute Gasteiger partial charge is 0.419 e. The van der Waals surface area contributed by atoms with Gasteiger partial charge in [0.1, 0.15) is 5.60 Å². The molecule has 0 saturated carbocycles. The van der Waals surface area contributed by atoms with Crippen LogP contribution in [0.5, 0.6) is 0 Å². The molecule has 23 heavy (non-hydrogen) atoms. The van der Waals surface area contributed by atoms with Crippen molar-refractivity contribution in [2.45, 2.75) is 57.7 Å². The molecule has 1 aromatic heterocycles. The Morgan fingerprint density at radius 2 is 2.13 bits per heavy atom. The van der Waals surface area contributed by atoms with Crippen molar-refractivity contribution in [3.8, 4) is 0 Å². The Bertz CT molecular complexity index is 803. The van der Waals surface area contributed by atoms with Crippen LogP contribution in [0.15, 0.2) is 22.7 Å². The second kappa shape index (κ2) is 5.08. The number of hydrogen-bond acceptors (Lipinski definition) is 3. The number of nitrogens with one attached hydrogen (secondary N) is 1. The highest BCUT2D eigenvalue weighted by atomic mass is 79.9. The van der Waals surface area contributed by atoms with Crippen LogP contribution in [0.1, 0.15) is 50.9 Å². The number of hydrogen-bond donors (Lipinski definition) is 1. The van der Waals surface area contributed by atoms with E-state index in [1.165, 1.54) is 12.0 Å². The number of halogens is 1. The van der Waals surface area contributed by atoms with Crippen molar-refractivity contribution >= 4 is 32.9 Å². The van der Waals surface area contributed by atoms with E-state index in [1.54, 1.807) is 4.57 Å². The van der Waals surface area contributed by atoms with E-state index in [1.807, 2.05) is 32.9 Å². The lowest BCUT2D eigenvalue weighted by atomic mass is 9.99. The number of fused-ring (bicyclic) bond motifs is 6. The summed E-state index contributed by atoms with van der Waals surface area (Å²) in [5.74, 6) is 0. The predicted molar refractivity (Wildman–Crippen MR) is 93.9 cm³/mol. The summed E-state index contributed by atoms with van der Waals surface area (Å²) in [5.41, 5.74) is 2.85. The third-order valence-corrected chi connectivity index (χ3v) is 5.17. The lowest BCUT2D eigenvalue weighted by molar-refractivity contribution is 0.0539. The number of benzene rings is 1. The van der Waals surface area contributed by atoms with Crippen LogP contribution in [0.2, 0.25) is 0 Å². The second-order valence-electron chi connectivity index (χ2n) is 7.54. The molecule has 0 radical (unpaired) electrons. The zero-order chi connectivity index (χ0) is 16.4. The highest BCUT2D eigenvalue weighted by Crippen LogP contribution is 2.42. The fourth-order valence-electron chi connectivity index (χ4n) is 3.89. The molecule has 1 fully saturated rings. The zero-order valence-electron chi connectivity index (χ0n) is 13.6. The molecule has 1 N–H and O–H groups in total. The topological polar surface area (TPSA) is 43.3 Å². The summed E-state index contributed by atoms with van der Waals surface area (Å²) in [7, 11) is 0. The number of aromatic nitrogens is 1. The van der Waals surface area contributed by atoms with E-state index in [-0.39, 0.29) is 6.09 Å². The summed E-state index contributed by atoms with van der Waals surface area (Å²) >= 11 is 3.56. The van der Waals surface area contributed by atoms with E-state index in [2.05, 4.69) is 27.3 Å². The van der Waals surface area contributed by atoms with Crippen LogP contribution in [0.4, 0.5) is 4.79 Å². The quantitative estimate of drug-likeness (QED) is 0.733. The second-order valence-corrected chi connectivity index (χ2v) is 8.45. The molecule has 1 saturated heterocycles. The average Bonchev–Trinajstić information content (AvgIpc) is 2.96. The molecule has 0 aliphatic carbocycles. The maximum atomic E-state index is 12.8. The van der Waals surface area contributed by atoms with E-state index in [9.17, 15) is 4.79 Å². The number of rotatable bonds is 0. The SMILES string of the molecule is CC(C)(C)OC(=O)n1c2c(c3cc(Br)ccc31)C1CCC(C2)N1. The number of nitrogens with zero attached hydrogens (tertiary/aromatic N) is 1. The van der Waals surface area contributed by atoms with Gasteiger partial charge in [0, 0.05) is 34.1 Å². The van der Waals surface area contributed by atoms with E-state index < -0.39 is 5.60 Å². The van der Waals surface area contributed by atoms with Gasteiger partial charge < -0.3 is 10.1 Å². The van der Waals surface area contributed by atoms with Gasteiger partial charge in [-0.3, -0.25) is 0 Å². The molecule has 3 heterocycles. The fraction of sp³-hybridized carbons (Fsp3) is 0.500. The van der Waals surface area contributed by atoms with Crippen LogP contribution in [0, 0.1) is 0 Å². The van der Waals surface area contributed by atoms with Crippen LogP contribution < -0.4 is 5.32 Å². The number of carbonyl (C=O) groups is 1. The Labute approximate surface area is 144 Å². The third kappa shape index (κ3) is 2.50. The Kier molecular flexibility index (Phi) is 3.36. The van der Waals surface area contributed by atoms with Crippen molar-refractivity contribution in [1.29, 1.82) is 0 Å². The first kappa shape index (κ1) is 15.2. The van der Waals surface area contributed by atoms with Gasteiger partial charge in [-0.15, -0.1) is 0 Å². The monoisotopic (exact) mass is 376 g/mol. The molecule has 0 spiro atoms. The Balaban J connectivity index is 1.94. The van der Waals surface area contributed by atoms with Crippen LogP contribution >= 0.6 is 15.9 Å². The van der Waals surface area contributed by atoms with Gasteiger partial charge in [-0.05, 0) is 57.4 Å². The van der Waals surface area contributed by atoms with Crippen LogP contribution in [0.3, 0.4) is 0 Å². The molecular weight excluding hydrogens is 356 g/mol. The maximum Gasteiger partial charge on any atom is 0.419 e. The Morgan fingerprint density at radius 3 is 2.87 bits per heavy atom. The van der Waals surface area contributed by atoms with Gasteiger partial charge in [-0.1, -0.05) is 15.9 Å². The van der Waals surface area contributed by atoms with Crippen molar-refractivity contribution in [3.63, 3.8) is 0 Å². The first-order valence-corrected chi connectivity index (χ1v) is 8.95. The predicted octanol–water partition coefficient (Wildman–Crippen LogP) is 4.54. The summed E-state index contributed by atoms with van der Waals surface area (Å²) in [6, 6.07) is 6.94. The number of carbonyl (C=O) groups excluding carboxylic acids is 1. The molecule has 2 aromatic rings. The molecule has 2 atom stereocenters. The van der Waals surface area contributed by atoms with Crippen molar-refractivity contribution in [2.24, 2.45) is 0 Å². The standard InChI is InChI=1S/C18H21BrN2O2/c1-18(2,3)23-17(22)21-14-7-4-10(19)8-12(14)16-13-6-5-11(20-13)9-15(16)21/h4,7-8,11,13,20H,5-6,9H2,1-3H3. The largest absolute Gasteiger partial charge is 0.443 e. The molecule has 1 aromatic carbocycles.